The number of likely N-dealkylation sites (N-methyl/N-ethyl adjacent to an activating group) is 1. The molecule has 1 atom stereocenters. The zero-order valence-electron chi connectivity index (χ0n) is 16.2. The fourth-order valence-electron chi connectivity index (χ4n) is 2.81. The molecule has 2 aromatic carbocycles. The third kappa shape index (κ3) is 4.98. The lowest BCUT2D eigenvalue weighted by Gasteiger charge is -2.22. The Hall–Kier alpha value is -2.67. The minimum atomic E-state index is -0.910. The monoisotopic (exact) mass is 446 g/mol. The molecular formula is C21H23BrN2O4. The van der Waals surface area contributed by atoms with Gasteiger partial charge in [-0.25, -0.2) is 4.79 Å². The lowest BCUT2D eigenvalue weighted by Crippen LogP contribution is -2.45. The lowest BCUT2D eigenvalue weighted by atomic mass is 9.98. The minimum absolute atomic E-state index is 0.169. The van der Waals surface area contributed by atoms with E-state index in [2.05, 4.69) is 21.2 Å². The van der Waals surface area contributed by atoms with Gasteiger partial charge in [-0.2, -0.15) is 0 Å². The van der Waals surface area contributed by atoms with Crippen molar-refractivity contribution in [1.29, 1.82) is 0 Å². The summed E-state index contributed by atoms with van der Waals surface area (Å²) >= 11 is 3.12. The van der Waals surface area contributed by atoms with Crippen molar-refractivity contribution in [2.45, 2.75) is 32.2 Å². The number of fused-ring (bicyclic) bond motifs is 1. The van der Waals surface area contributed by atoms with Crippen molar-refractivity contribution in [3.63, 3.8) is 0 Å². The molecule has 0 bridgehead atoms. The number of anilines is 1. The number of carbonyl (C=O) groups is 3. The molecule has 0 spiro atoms. The fraction of sp³-hybridized carbons (Fsp3) is 0.286. The second-order valence-electron chi connectivity index (χ2n) is 7.41. The van der Waals surface area contributed by atoms with Gasteiger partial charge >= 0.3 is 5.97 Å². The van der Waals surface area contributed by atoms with E-state index in [-0.39, 0.29) is 17.4 Å². The second-order valence-corrected chi connectivity index (χ2v) is 8.27. The van der Waals surface area contributed by atoms with Gasteiger partial charge in [-0.05, 0) is 60.5 Å². The molecule has 148 valence electrons. The summed E-state index contributed by atoms with van der Waals surface area (Å²) in [6, 6.07) is 14.1. The molecule has 1 heterocycles. The molecule has 1 unspecified atom stereocenters. The van der Waals surface area contributed by atoms with Crippen LogP contribution in [0.15, 0.2) is 53.0 Å². The third-order valence-corrected chi connectivity index (χ3v) is 4.74. The number of benzene rings is 2. The molecule has 28 heavy (non-hydrogen) atoms. The highest BCUT2D eigenvalue weighted by molar-refractivity contribution is 9.10. The summed E-state index contributed by atoms with van der Waals surface area (Å²) in [6.07, 6.45) is 0. The maximum absolute atomic E-state index is 12.2. The molecule has 6 nitrogen and oxygen atoms in total. The van der Waals surface area contributed by atoms with Crippen LogP contribution in [0, 0.1) is 0 Å². The van der Waals surface area contributed by atoms with Crippen molar-refractivity contribution >= 4 is 39.4 Å². The van der Waals surface area contributed by atoms with Gasteiger partial charge < -0.3 is 15.3 Å². The molecule has 3 rings (SSSR count). The van der Waals surface area contributed by atoms with Gasteiger partial charge in [0.1, 0.15) is 5.92 Å². The number of nitrogens with zero attached hydrogens (tertiary/aromatic N) is 1. The molecule has 0 aromatic heterocycles. The summed E-state index contributed by atoms with van der Waals surface area (Å²) in [5.41, 5.74) is 1.55. The smallest absolute Gasteiger partial charge is 0.336 e. The van der Waals surface area contributed by atoms with Gasteiger partial charge in [0.2, 0.25) is 11.8 Å². The van der Waals surface area contributed by atoms with E-state index in [1.165, 1.54) is 0 Å². The van der Waals surface area contributed by atoms with Crippen LogP contribution in [0.2, 0.25) is 0 Å². The van der Waals surface area contributed by atoms with Crippen LogP contribution in [0.5, 0.6) is 0 Å². The van der Waals surface area contributed by atoms with E-state index >= 15 is 0 Å². The Labute approximate surface area is 172 Å². The number of carbonyl (C=O) groups excluding carboxylic acids is 2. The number of para-hydroxylation sites is 1. The second kappa shape index (κ2) is 8.56. The summed E-state index contributed by atoms with van der Waals surface area (Å²) in [7, 11) is 1.70. The summed E-state index contributed by atoms with van der Waals surface area (Å²) in [6.45, 7) is 5.71. The number of amides is 2. The van der Waals surface area contributed by atoms with Gasteiger partial charge in [0.25, 0.3) is 0 Å². The van der Waals surface area contributed by atoms with Crippen molar-refractivity contribution in [3.05, 3.63) is 64.1 Å². The standard InChI is InChI=1S/C14H18N2O2.C7H5BrO2/c1-14(2,3)15-12(17)11-9-7-5-6-8-10(9)16(4)13(11)18;8-6-4-2-1-3-5(6)7(9)10/h5-8,11H,1-4H3,(H,15,17);1-4H,(H,9,10). The van der Waals surface area contributed by atoms with Crippen LogP contribution < -0.4 is 10.2 Å². The Morgan fingerprint density at radius 1 is 1.07 bits per heavy atom. The van der Waals surface area contributed by atoms with Gasteiger partial charge in [-0.1, -0.05) is 30.3 Å². The lowest BCUT2D eigenvalue weighted by molar-refractivity contribution is -0.130. The van der Waals surface area contributed by atoms with Crippen molar-refractivity contribution in [1.82, 2.24) is 5.32 Å². The van der Waals surface area contributed by atoms with Crippen LogP contribution >= 0.6 is 15.9 Å². The molecule has 0 saturated carbocycles. The highest BCUT2D eigenvalue weighted by Gasteiger charge is 2.40. The average molecular weight is 447 g/mol. The van der Waals surface area contributed by atoms with Gasteiger partial charge in [0.15, 0.2) is 0 Å². The zero-order valence-corrected chi connectivity index (χ0v) is 17.8. The molecule has 1 aliphatic heterocycles. The summed E-state index contributed by atoms with van der Waals surface area (Å²) in [4.78, 5) is 36.3. The molecule has 7 heteroatoms. The van der Waals surface area contributed by atoms with E-state index in [1.54, 1.807) is 36.2 Å². The van der Waals surface area contributed by atoms with Crippen LogP contribution in [-0.2, 0) is 9.59 Å². The van der Waals surface area contributed by atoms with Gasteiger partial charge in [0.05, 0.1) is 5.56 Å². The molecule has 2 amide bonds. The topological polar surface area (TPSA) is 86.7 Å². The van der Waals surface area contributed by atoms with Gasteiger partial charge in [0, 0.05) is 22.7 Å². The van der Waals surface area contributed by atoms with Crippen LogP contribution in [0.3, 0.4) is 0 Å². The van der Waals surface area contributed by atoms with Gasteiger partial charge in [-0.3, -0.25) is 9.59 Å². The van der Waals surface area contributed by atoms with E-state index in [9.17, 15) is 14.4 Å². The Morgan fingerprint density at radius 3 is 2.18 bits per heavy atom. The number of carboxylic acid groups (broad SMARTS) is 1. The molecule has 0 aliphatic carbocycles. The van der Waals surface area contributed by atoms with E-state index in [4.69, 9.17) is 5.11 Å². The SMILES string of the molecule is CN1C(=O)C(C(=O)NC(C)(C)C)c2ccccc21.O=C(O)c1ccccc1Br. The molecule has 0 radical (unpaired) electrons. The first kappa shape index (κ1) is 21.6. The van der Waals surface area contributed by atoms with Gasteiger partial charge in [-0.15, -0.1) is 0 Å². The van der Waals surface area contributed by atoms with E-state index in [1.807, 2.05) is 45.0 Å². The van der Waals surface area contributed by atoms with E-state index < -0.39 is 11.9 Å². The summed E-state index contributed by atoms with van der Waals surface area (Å²) in [5, 5.41) is 11.4. The maximum atomic E-state index is 12.2. The number of aromatic carboxylic acids is 1. The van der Waals surface area contributed by atoms with Crippen LogP contribution in [0.25, 0.3) is 0 Å². The number of nitrogens with one attached hydrogen (secondary N) is 1. The van der Waals surface area contributed by atoms with E-state index in [0.717, 1.165) is 11.3 Å². The molecule has 2 aromatic rings. The first-order chi connectivity index (χ1) is 13.0. The fourth-order valence-corrected chi connectivity index (χ4v) is 3.27. The van der Waals surface area contributed by atoms with Crippen molar-refractivity contribution in [2.75, 3.05) is 11.9 Å². The maximum Gasteiger partial charge on any atom is 0.336 e. The zero-order chi connectivity index (χ0) is 21.1. The molecule has 2 N–H and O–H groups in total. The Balaban J connectivity index is 0.000000237. The Kier molecular flexibility index (Phi) is 6.61. The number of rotatable bonds is 2. The molecule has 0 saturated heterocycles. The third-order valence-electron chi connectivity index (χ3n) is 4.05. The average Bonchev–Trinajstić information content (AvgIpc) is 2.85. The summed E-state index contributed by atoms with van der Waals surface area (Å²) < 4.78 is 0.613. The highest BCUT2D eigenvalue weighted by Crippen LogP contribution is 2.36. The van der Waals surface area contributed by atoms with Crippen LogP contribution in [0.4, 0.5) is 5.69 Å². The predicted molar refractivity (Wildman–Crippen MR) is 112 cm³/mol. The molecule has 0 fully saturated rings. The highest BCUT2D eigenvalue weighted by atomic mass is 79.9. The molecular weight excluding hydrogens is 424 g/mol. The number of halogens is 1. The van der Waals surface area contributed by atoms with Crippen LogP contribution in [-0.4, -0.2) is 35.5 Å². The largest absolute Gasteiger partial charge is 0.478 e. The van der Waals surface area contributed by atoms with Crippen molar-refractivity contribution < 1.29 is 19.5 Å². The van der Waals surface area contributed by atoms with E-state index in [0.29, 0.717) is 10.0 Å². The predicted octanol–water partition coefficient (Wildman–Crippen LogP) is 3.81. The first-order valence-corrected chi connectivity index (χ1v) is 9.48. The number of carboxylic acids is 1. The summed E-state index contributed by atoms with van der Waals surface area (Å²) in [5.74, 6) is -2.03. The number of hydrogen-bond donors (Lipinski definition) is 2. The normalized spacial score (nSPS) is 15.4. The minimum Gasteiger partial charge on any atom is -0.478 e. The number of hydrogen-bond acceptors (Lipinski definition) is 3. The quantitative estimate of drug-likeness (QED) is 0.686. The Morgan fingerprint density at radius 2 is 1.64 bits per heavy atom. The van der Waals surface area contributed by atoms with Crippen molar-refractivity contribution in [3.8, 4) is 0 Å². The molecule has 1 aliphatic rings. The van der Waals surface area contributed by atoms with Crippen LogP contribution in [0.1, 0.15) is 42.6 Å². The van der Waals surface area contributed by atoms with Crippen molar-refractivity contribution in [2.24, 2.45) is 0 Å². The Bertz CT molecular complexity index is 905. The first-order valence-electron chi connectivity index (χ1n) is 8.69.